The highest BCUT2D eigenvalue weighted by molar-refractivity contribution is 5.16. The molecule has 1 saturated heterocycles. The van der Waals surface area contributed by atoms with Gasteiger partial charge in [-0.2, -0.15) is 0 Å². The van der Waals surface area contributed by atoms with Crippen molar-refractivity contribution < 1.29 is 4.74 Å². The number of benzene rings is 1. The zero-order valence-corrected chi connectivity index (χ0v) is 13.3. The minimum absolute atomic E-state index is 0.477. The Morgan fingerprint density at radius 3 is 2.76 bits per heavy atom. The van der Waals surface area contributed by atoms with Crippen LogP contribution in [-0.2, 0) is 11.2 Å². The fraction of sp³-hybridized carbons (Fsp3) is 0.667. The summed E-state index contributed by atoms with van der Waals surface area (Å²) in [6.45, 7) is 4.62. The van der Waals surface area contributed by atoms with Crippen molar-refractivity contribution in [2.75, 3.05) is 20.2 Å². The summed E-state index contributed by atoms with van der Waals surface area (Å²) >= 11 is 0. The van der Waals surface area contributed by atoms with Crippen LogP contribution in [0.3, 0.4) is 0 Å². The minimum Gasteiger partial charge on any atom is -0.381 e. The van der Waals surface area contributed by atoms with Gasteiger partial charge < -0.3 is 10.1 Å². The Bertz CT molecular complexity index is 436. The lowest BCUT2D eigenvalue weighted by Gasteiger charge is -2.42. The summed E-state index contributed by atoms with van der Waals surface area (Å²) < 4.78 is 5.55. The first kappa shape index (κ1) is 15.0. The van der Waals surface area contributed by atoms with E-state index in [-0.39, 0.29) is 0 Å². The van der Waals surface area contributed by atoms with Gasteiger partial charge in [-0.05, 0) is 38.2 Å². The van der Waals surface area contributed by atoms with Crippen molar-refractivity contribution in [3.05, 3.63) is 35.9 Å². The molecule has 1 saturated carbocycles. The highest BCUT2D eigenvalue weighted by atomic mass is 16.5. The molecule has 3 heteroatoms. The first-order valence-electron chi connectivity index (χ1n) is 8.32. The third-order valence-corrected chi connectivity index (χ3v) is 5.18. The highest BCUT2D eigenvalue weighted by Crippen LogP contribution is 2.28. The molecule has 1 aromatic rings. The molecule has 0 bridgehead atoms. The molecule has 1 aliphatic carbocycles. The van der Waals surface area contributed by atoms with Gasteiger partial charge in [-0.3, -0.25) is 4.90 Å². The number of nitrogens with zero attached hydrogens (tertiary/aromatic N) is 1. The topological polar surface area (TPSA) is 24.5 Å². The lowest BCUT2D eigenvalue weighted by Crippen LogP contribution is -2.58. The van der Waals surface area contributed by atoms with E-state index in [0.717, 1.165) is 19.5 Å². The van der Waals surface area contributed by atoms with Crippen LogP contribution in [0.4, 0.5) is 0 Å². The average molecular weight is 288 g/mol. The van der Waals surface area contributed by atoms with Gasteiger partial charge in [0.1, 0.15) is 0 Å². The van der Waals surface area contributed by atoms with Crippen molar-refractivity contribution in [3.8, 4) is 0 Å². The molecule has 4 unspecified atom stereocenters. The van der Waals surface area contributed by atoms with Gasteiger partial charge in [-0.1, -0.05) is 30.3 Å². The van der Waals surface area contributed by atoms with Crippen molar-refractivity contribution in [2.45, 2.75) is 56.8 Å². The smallest absolute Gasteiger partial charge is 0.0586 e. The fourth-order valence-corrected chi connectivity index (χ4v) is 3.93. The molecule has 4 atom stereocenters. The van der Waals surface area contributed by atoms with Gasteiger partial charge in [0.15, 0.2) is 0 Å². The van der Waals surface area contributed by atoms with Gasteiger partial charge >= 0.3 is 0 Å². The summed E-state index contributed by atoms with van der Waals surface area (Å²) in [6, 6.07) is 12.8. The first-order valence-corrected chi connectivity index (χ1v) is 8.32. The van der Waals surface area contributed by atoms with Crippen molar-refractivity contribution >= 4 is 0 Å². The molecule has 0 amide bonds. The van der Waals surface area contributed by atoms with E-state index in [1.807, 2.05) is 7.11 Å². The summed E-state index contributed by atoms with van der Waals surface area (Å²) in [7, 11) is 1.85. The van der Waals surface area contributed by atoms with E-state index in [4.69, 9.17) is 4.74 Å². The van der Waals surface area contributed by atoms with Gasteiger partial charge in [-0.25, -0.2) is 0 Å². The molecule has 116 valence electrons. The fourth-order valence-electron chi connectivity index (χ4n) is 3.93. The number of nitrogens with one attached hydrogen (secondary N) is 1. The molecule has 21 heavy (non-hydrogen) atoms. The third-order valence-electron chi connectivity index (χ3n) is 5.18. The summed E-state index contributed by atoms with van der Waals surface area (Å²) in [5.74, 6) is 0. The maximum Gasteiger partial charge on any atom is 0.0586 e. The van der Waals surface area contributed by atoms with Crippen LogP contribution in [0.15, 0.2) is 30.3 Å². The molecular formula is C18H28N2O. The average Bonchev–Trinajstić information content (AvgIpc) is 2.99. The molecule has 0 spiro atoms. The van der Waals surface area contributed by atoms with E-state index in [1.165, 1.54) is 24.8 Å². The molecule has 1 heterocycles. The Morgan fingerprint density at radius 2 is 2.05 bits per heavy atom. The van der Waals surface area contributed by atoms with E-state index in [1.54, 1.807) is 0 Å². The van der Waals surface area contributed by atoms with Gasteiger partial charge in [-0.15, -0.1) is 0 Å². The zero-order valence-electron chi connectivity index (χ0n) is 13.3. The van der Waals surface area contributed by atoms with Crippen LogP contribution in [0.5, 0.6) is 0 Å². The normalized spacial score (nSPS) is 34.2. The molecule has 0 radical (unpaired) electrons. The Hall–Kier alpha value is -0.900. The van der Waals surface area contributed by atoms with Crippen molar-refractivity contribution in [1.29, 1.82) is 0 Å². The molecule has 1 aromatic carbocycles. The maximum atomic E-state index is 5.55. The highest BCUT2D eigenvalue weighted by Gasteiger charge is 2.35. The van der Waals surface area contributed by atoms with Crippen molar-refractivity contribution in [1.82, 2.24) is 10.2 Å². The number of rotatable bonds is 4. The summed E-state index contributed by atoms with van der Waals surface area (Å²) in [4.78, 5) is 2.73. The van der Waals surface area contributed by atoms with Crippen LogP contribution >= 0.6 is 0 Å². The van der Waals surface area contributed by atoms with Gasteiger partial charge in [0.2, 0.25) is 0 Å². The Kier molecular flexibility index (Phi) is 4.94. The second-order valence-electron chi connectivity index (χ2n) is 6.67. The molecule has 2 aliphatic rings. The largest absolute Gasteiger partial charge is 0.381 e. The molecule has 3 rings (SSSR count). The van der Waals surface area contributed by atoms with E-state index in [0.29, 0.717) is 24.2 Å². The number of piperazine rings is 1. The zero-order chi connectivity index (χ0) is 14.7. The summed E-state index contributed by atoms with van der Waals surface area (Å²) in [5, 5.41) is 3.72. The molecule has 0 aromatic heterocycles. The van der Waals surface area contributed by atoms with Crippen LogP contribution in [0, 0.1) is 0 Å². The summed E-state index contributed by atoms with van der Waals surface area (Å²) in [5.41, 5.74) is 1.44. The number of ether oxygens (including phenoxy) is 1. The monoisotopic (exact) mass is 288 g/mol. The molecule has 2 fully saturated rings. The number of methoxy groups -OCH3 is 1. The predicted molar refractivity (Wildman–Crippen MR) is 86.5 cm³/mol. The molecule has 1 N–H and O–H groups in total. The standard InChI is InChI=1S/C18H28N2O/c1-14-12-19-16(10-15-6-4-3-5-7-15)13-20(14)17-8-9-18(11-17)21-2/h3-7,14,16-19H,8-13H2,1-2H3. The molecule has 1 aliphatic heterocycles. The van der Waals surface area contributed by atoms with E-state index < -0.39 is 0 Å². The van der Waals surface area contributed by atoms with Crippen molar-refractivity contribution in [2.24, 2.45) is 0 Å². The summed E-state index contributed by atoms with van der Waals surface area (Å²) in [6.07, 6.45) is 5.33. The van der Waals surface area contributed by atoms with Crippen LogP contribution in [0.25, 0.3) is 0 Å². The molecule has 3 nitrogen and oxygen atoms in total. The van der Waals surface area contributed by atoms with E-state index >= 15 is 0 Å². The Balaban J connectivity index is 1.59. The Morgan fingerprint density at radius 1 is 1.24 bits per heavy atom. The SMILES string of the molecule is COC1CCC(N2CC(Cc3ccccc3)NCC2C)C1. The van der Waals surface area contributed by atoms with Gasteiger partial charge in [0.05, 0.1) is 6.10 Å². The maximum absolute atomic E-state index is 5.55. The number of hydrogen-bond donors (Lipinski definition) is 1. The van der Waals surface area contributed by atoms with Crippen LogP contribution in [0.1, 0.15) is 31.7 Å². The predicted octanol–water partition coefficient (Wildman–Crippen LogP) is 2.46. The Labute approximate surface area is 128 Å². The van der Waals surface area contributed by atoms with Crippen LogP contribution in [0.2, 0.25) is 0 Å². The van der Waals surface area contributed by atoms with E-state index in [2.05, 4.69) is 47.5 Å². The quantitative estimate of drug-likeness (QED) is 0.921. The third kappa shape index (κ3) is 3.65. The second kappa shape index (κ2) is 6.91. The lowest BCUT2D eigenvalue weighted by atomic mass is 10.00. The van der Waals surface area contributed by atoms with E-state index in [9.17, 15) is 0 Å². The first-order chi connectivity index (χ1) is 10.3. The van der Waals surface area contributed by atoms with Gasteiger partial charge in [0, 0.05) is 38.3 Å². The van der Waals surface area contributed by atoms with Crippen molar-refractivity contribution in [3.63, 3.8) is 0 Å². The van der Waals surface area contributed by atoms with Crippen LogP contribution < -0.4 is 5.32 Å². The van der Waals surface area contributed by atoms with Gasteiger partial charge in [0.25, 0.3) is 0 Å². The number of hydrogen-bond acceptors (Lipinski definition) is 3. The van der Waals surface area contributed by atoms with Crippen LogP contribution in [-0.4, -0.2) is 49.3 Å². The second-order valence-corrected chi connectivity index (χ2v) is 6.67. The molecular weight excluding hydrogens is 260 g/mol. The lowest BCUT2D eigenvalue weighted by molar-refractivity contribution is 0.0686. The minimum atomic E-state index is 0.477.